The molecule has 0 amide bonds. The second-order valence-corrected chi connectivity index (χ2v) is 5.46. The molecule has 17 heavy (non-hydrogen) atoms. The van der Waals surface area contributed by atoms with Gasteiger partial charge >= 0.3 is 0 Å². The van der Waals surface area contributed by atoms with Crippen LogP contribution in [0.1, 0.15) is 19.4 Å². The zero-order valence-electron chi connectivity index (χ0n) is 10.3. The molecule has 92 valence electrons. The highest BCUT2D eigenvalue weighted by atomic mass is 32.2. The number of hydrogen-bond acceptors (Lipinski definition) is 2. The summed E-state index contributed by atoms with van der Waals surface area (Å²) in [6, 6.07) is 6.81. The van der Waals surface area contributed by atoms with E-state index in [0.717, 1.165) is 5.56 Å². The van der Waals surface area contributed by atoms with Crippen molar-refractivity contribution in [2.75, 3.05) is 0 Å². The van der Waals surface area contributed by atoms with Crippen molar-refractivity contribution in [3.63, 3.8) is 0 Å². The molecule has 0 aliphatic rings. The molecule has 0 aliphatic heterocycles. The van der Waals surface area contributed by atoms with Crippen LogP contribution in [0.2, 0.25) is 0 Å². The van der Waals surface area contributed by atoms with Gasteiger partial charge in [0.15, 0.2) is 0 Å². The van der Waals surface area contributed by atoms with E-state index < -0.39 is 10.0 Å². The molecule has 1 aromatic carbocycles. The van der Waals surface area contributed by atoms with E-state index >= 15 is 0 Å². The first-order valence-electron chi connectivity index (χ1n) is 5.38. The van der Waals surface area contributed by atoms with Crippen LogP contribution in [-0.4, -0.2) is 12.7 Å². The van der Waals surface area contributed by atoms with Crippen molar-refractivity contribution in [2.24, 2.45) is 0 Å². The van der Waals surface area contributed by atoms with Gasteiger partial charge in [0.05, 0.1) is 4.90 Å². The standard InChI is InChI=1S/C13H17NO2S/c1-4-10-14(11-5-2)17(15,16)13-8-6-12(3)7-9-13/h4-11H,1-3H3/b10-4+,11-5+. The Kier molecular flexibility index (Phi) is 4.52. The van der Waals surface area contributed by atoms with Crippen LogP contribution in [0.15, 0.2) is 53.7 Å². The lowest BCUT2D eigenvalue weighted by molar-refractivity contribution is 0.552. The molecule has 0 fully saturated rings. The summed E-state index contributed by atoms with van der Waals surface area (Å²) in [7, 11) is -3.48. The fourth-order valence-corrected chi connectivity index (χ4v) is 2.62. The molecule has 0 unspecified atom stereocenters. The maximum atomic E-state index is 12.2. The van der Waals surface area contributed by atoms with E-state index in [1.165, 1.54) is 16.7 Å². The van der Waals surface area contributed by atoms with Gasteiger partial charge in [-0.25, -0.2) is 12.7 Å². The molecule has 0 aromatic heterocycles. The topological polar surface area (TPSA) is 37.4 Å². The lowest BCUT2D eigenvalue weighted by Crippen LogP contribution is -2.20. The van der Waals surface area contributed by atoms with Crippen LogP contribution < -0.4 is 0 Å². The predicted molar refractivity (Wildman–Crippen MR) is 69.8 cm³/mol. The van der Waals surface area contributed by atoms with Gasteiger partial charge in [0, 0.05) is 12.4 Å². The fraction of sp³-hybridized carbons (Fsp3) is 0.231. The van der Waals surface area contributed by atoms with Crippen molar-refractivity contribution in [3.8, 4) is 0 Å². The van der Waals surface area contributed by atoms with Crippen molar-refractivity contribution in [3.05, 3.63) is 54.4 Å². The summed E-state index contributed by atoms with van der Waals surface area (Å²) >= 11 is 0. The van der Waals surface area contributed by atoms with Gasteiger partial charge in [-0.1, -0.05) is 29.8 Å². The van der Waals surface area contributed by atoms with E-state index in [2.05, 4.69) is 0 Å². The van der Waals surface area contributed by atoms with E-state index in [1.807, 2.05) is 6.92 Å². The highest BCUT2D eigenvalue weighted by molar-refractivity contribution is 7.89. The molecule has 1 rings (SSSR count). The van der Waals surface area contributed by atoms with Gasteiger partial charge in [-0.3, -0.25) is 0 Å². The maximum Gasteiger partial charge on any atom is 0.267 e. The number of hydrogen-bond donors (Lipinski definition) is 0. The lowest BCUT2D eigenvalue weighted by Gasteiger charge is -2.15. The number of sulfonamides is 1. The molecule has 0 heterocycles. The van der Waals surface area contributed by atoms with E-state index in [4.69, 9.17) is 0 Å². The third-order valence-electron chi connectivity index (χ3n) is 2.19. The molecule has 4 heteroatoms. The van der Waals surface area contributed by atoms with Crippen molar-refractivity contribution < 1.29 is 8.42 Å². The molecule has 0 saturated carbocycles. The van der Waals surface area contributed by atoms with Crippen LogP contribution in [0.25, 0.3) is 0 Å². The molecular formula is C13H17NO2S. The van der Waals surface area contributed by atoms with Gasteiger partial charge in [-0.05, 0) is 32.9 Å². The monoisotopic (exact) mass is 251 g/mol. The van der Waals surface area contributed by atoms with E-state index in [-0.39, 0.29) is 0 Å². The van der Waals surface area contributed by atoms with E-state index in [0.29, 0.717) is 4.90 Å². The summed E-state index contributed by atoms with van der Waals surface area (Å²) in [5, 5.41) is 0. The summed E-state index contributed by atoms with van der Waals surface area (Å²) in [4.78, 5) is 0.291. The average molecular weight is 251 g/mol. The van der Waals surface area contributed by atoms with Gasteiger partial charge in [0.2, 0.25) is 0 Å². The average Bonchev–Trinajstić information content (AvgIpc) is 2.29. The summed E-state index contributed by atoms with van der Waals surface area (Å²) in [5.74, 6) is 0. The molecule has 0 aliphatic carbocycles. The largest absolute Gasteiger partial charge is 0.267 e. The van der Waals surface area contributed by atoms with Gasteiger partial charge in [0.1, 0.15) is 0 Å². The third-order valence-corrected chi connectivity index (χ3v) is 3.85. The van der Waals surface area contributed by atoms with Crippen molar-refractivity contribution >= 4 is 10.0 Å². The zero-order valence-corrected chi connectivity index (χ0v) is 11.1. The van der Waals surface area contributed by atoms with Crippen molar-refractivity contribution in [1.82, 2.24) is 4.31 Å². The number of allylic oxidation sites excluding steroid dienone is 2. The van der Waals surface area contributed by atoms with Gasteiger partial charge in [-0.2, -0.15) is 0 Å². The van der Waals surface area contributed by atoms with Gasteiger partial charge in [0.25, 0.3) is 10.0 Å². The first-order valence-corrected chi connectivity index (χ1v) is 6.82. The minimum Gasteiger partial charge on any atom is -0.250 e. The maximum absolute atomic E-state index is 12.2. The Bertz CT molecular complexity index is 501. The van der Waals surface area contributed by atoms with Crippen molar-refractivity contribution in [2.45, 2.75) is 25.7 Å². The molecule has 0 bridgehead atoms. The Labute approximate surface area is 103 Å². The van der Waals surface area contributed by atoms with Crippen LogP contribution >= 0.6 is 0 Å². The quantitative estimate of drug-likeness (QED) is 0.824. The molecular weight excluding hydrogens is 234 g/mol. The van der Waals surface area contributed by atoms with Crippen LogP contribution in [0, 0.1) is 6.92 Å². The molecule has 0 N–H and O–H groups in total. The Balaban J connectivity index is 3.20. The lowest BCUT2D eigenvalue weighted by atomic mass is 10.2. The smallest absolute Gasteiger partial charge is 0.250 e. The van der Waals surface area contributed by atoms with Crippen LogP contribution in [0.4, 0.5) is 0 Å². The second-order valence-electron chi connectivity index (χ2n) is 3.61. The third kappa shape index (κ3) is 3.20. The number of aryl methyl sites for hydroxylation is 1. The van der Waals surface area contributed by atoms with E-state index in [1.54, 1.807) is 50.3 Å². The van der Waals surface area contributed by atoms with Gasteiger partial charge < -0.3 is 0 Å². The van der Waals surface area contributed by atoms with Gasteiger partial charge in [-0.15, -0.1) is 0 Å². The summed E-state index contributed by atoms with van der Waals surface area (Å²) in [6.45, 7) is 5.48. The minimum absolute atomic E-state index is 0.291. The normalized spacial score (nSPS) is 12.4. The molecule has 0 spiro atoms. The highest BCUT2D eigenvalue weighted by Crippen LogP contribution is 2.17. The molecule has 0 radical (unpaired) electrons. The SMILES string of the molecule is C/C=C/N(/C=C/C)S(=O)(=O)c1ccc(C)cc1. The summed E-state index contributed by atoms with van der Waals surface area (Å²) < 4.78 is 25.7. The number of rotatable bonds is 4. The second kappa shape index (κ2) is 5.68. The Morgan fingerprint density at radius 1 is 1.00 bits per heavy atom. The molecule has 1 aromatic rings. The minimum atomic E-state index is -3.48. The number of nitrogens with zero attached hydrogens (tertiary/aromatic N) is 1. The summed E-state index contributed by atoms with van der Waals surface area (Å²) in [5.41, 5.74) is 1.03. The summed E-state index contributed by atoms with van der Waals surface area (Å²) in [6.07, 6.45) is 6.42. The highest BCUT2D eigenvalue weighted by Gasteiger charge is 2.18. The van der Waals surface area contributed by atoms with Crippen LogP contribution in [0.5, 0.6) is 0 Å². The van der Waals surface area contributed by atoms with E-state index in [9.17, 15) is 8.42 Å². The first-order chi connectivity index (χ1) is 8.02. The zero-order chi connectivity index (χ0) is 12.9. The first kappa shape index (κ1) is 13.5. The molecule has 0 saturated heterocycles. The molecule has 3 nitrogen and oxygen atoms in total. The molecule has 0 atom stereocenters. The fourth-order valence-electron chi connectivity index (χ4n) is 1.34. The predicted octanol–water partition coefficient (Wildman–Crippen LogP) is 3.05. The van der Waals surface area contributed by atoms with Crippen molar-refractivity contribution in [1.29, 1.82) is 0 Å². The van der Waals surface area contributed by atoms with Crippen LogP contribution in [-0.2, 0) is 10.0 Å². The van der Waals surface area contributed by atoms with Crippen LogP contribution in [0.3, 0.4) is 0 Å². The Morgan fingerprint density at radius 3 is 1.88 bits per heavy atom. The Morgan fingerprint density at radius 2 is 1.47 bits per heavy atom. The number of benzene rings is 1. The Hall–Kier alpha value is -1.55.